The molecule has 5 rings (SSSR count). The van der Waals surface area contributed by atoms with E-state index >= 15 is 0 Å². The first-order valence-electron chi connectivity index (χ1n) is 8.88. The van der Waals surface area contributed by atoms with Gasteiger partial charge in [-0.15, -0.1) is 0 Å². The van der Waals surface area contributed by atoms with Crippen molar-refractivity contribution in [2.45, 2.75) is 38.8 Å². The van der Waals surface area contributed by atoms with Crippen LogP contribution in [-0.4, -0.2) is 33.0 Å². The van der Waals surface area contributed by atoms with Crippen LogP contribution in [0.1, 0.15) is 36.7 Å². The molecule has 0 amide bonds. The van der Waals surface area contributed by atoms with Crippen molar-refractivity contribution in [2.75, 3.05) is 13.2 Å². The van der Waals surface area contributed by atoms with E-state index in [0.717, 1.165) is 65.0 Å². The standard InChI is InChI=1S/C19H20N4O2/c1-12-14-11-21-23(18-4-2-3-6-24-18)17(14)8-16(22-12)15-10-20-9-13-5-7-25-19(13)15/h8-11,18H,2-7H2,1H3. The van der Waals surface area contributed by atoms with Crippen LogP contribution in [0.5, 0.6) is 5.75 Å². The molecular formula is C19H20N4O2. The van der Waals surface area contributed by atoms with Crippen LogP contribution in [0.4, 0.5) is 0 Å². The highest BCUT2D eigenvalue weighted by Gasteiger charge is 2.22. The van der Waals surface area contributed by atoms with Gasteiger partial charge in [0, 0.05) is 42.1 Å². The van der Waals surface area contributed by atoms with Gasteiger partial charge in [0.25, 0.3) is 0 Å². The molecule has 1 unspecified atom stereocenters. The predicted octanol–water partition coefficient (Wildman–Crippen LogP) is 3.44. The fraction of sp³-hybridized carbons (Fsp3) is 0.421. The maximum atomic E-state index is 5.93. The zero-order valence-electron chi connectivity index (χ0n) is 14.2. The minimum Gasteiger partial charge on any atom is -0.492 e. The van der Waals surface area contributed by atoms with Gasteiger partial charge in [-0.1, -0.05) is 0 Å². The van der Waals surface area contributed by atoms with E-state index in [1.54, 1.807) is 0 Å². The predicted molar refractivity (Wildman–Crippen MR) is 93.5 cm³/mol. The highest BCUT2D eigenvalue weighted by Crippen LogP contribution is 2.37. The number of nitrogens with zero attached hydrogens (tertiary/aromatic N) is 4. The normalized spacial score (nSPS) is 19.8. The molecule has 0 bridgehead atoms. The molecular weight excluding hydrogens is 316 g/mol. The van der Waals surface area contributed by atoms with Crippen molar-refractivity contribution in [2.24, 2.45) is 0 Å². The first kappa shape index (κ1) is 14.8. The van der Waals surface area contributed by atoms with E-state index in [0.29, 0.717) is 6.61 Å². The fourth-order valence-corrected chi connectivity index (χ4v) is 3.77. The third-order valence-electron chi connectivity index (χ3n) is 5.08. The van der Waals surface area contributed by atoms with E-state index in [1.807, 2.05) is 30.2 Å². The minimum absolute atomic E-state index is 0.0109. The van der Waals surface area contributed by atoms with Gasteiger partial charge in [0.05, 0.1) is 29.6 Å². The first-order chi connectivity index (χ1) is 12.3. The number of aryl methyl sites for hydroxylation is 1. The summed E-state index contributed by atoms with van der Waals surface area (Å²) < 4.78 is 13.8. The number of pyridine rings is 2. The Morgan fingerprint density at radius 3 is 3.00 bits per heavy atom. The summed E-state index contributed by atoms with van der Waals surface area (Å²) in [5.74, 6) is 0.918. The lowest BCUT2D eigenvalue weighted by Gasteiger charge is -2.23. The zero-order valence-corrected chi connectivity index (χ0v) is 14.2. The molecule has 0 aromatic carbocycles. The second-order valence-corrected chi connectivity index (χ2v) is 6.71. The third-order valence-corrected chi connectivity index (χ3v) is 5.08. The smallest absolute Gasteiger partial charge is 0.150 e. The van der Waals surface area contributed by atoms with E-state index in [9.17, 15) is 0 Å². The molecule has 0 saturated carbocycles. The van der Waals surface area contributed by atoms with Crippen molar-refractivity contribution in [3.05, 3.63) is 35.9 Å². The van der Waals surface area contributed by atoms with Crippen molar-refractivity contribution in [3.8, 4) is 17.0 Å². The van der Waals surface area contributed by atoms with Crippen molar-refractivity contribution < 1.29 is 9.47 Å². The zero-order chi connectivity index (χ0) is 16.8. The Morgan fingerprint density at radius 2 is 2.12 bits per heavy atom. The summed E-state index contributed by atoms with van der Waals surface area (Å²) in [5, 5.41) is 5.66. The third kappa shape index (κ3) is 2.40. The van der Waals surface area contributed by atoms with E-state index in [4.69, 9.17) is 14.5 Å². The molecule has 0 N–H and O–H groups in total. The summed E-state index contributed by atoms with van der Waals surface area (Å²) in [7, 11) is 0. The van der Waals surface area contributed by atoms with Gasteiger partial charge < -0.3 is 9.47 Å². The molecule has 128 valence electrons. The monoisotopic (exact) mass is 336 g/mol. The molecule has 0 radical (unpaired) electrons. The Bertz CT molecular complexity index is 944. The lowest BCUT2D eigenvalue weighted by molar-refractivity contribution is -0.0366. The fourth-order valence-electron chi connectivity index (χ4n) is 3.77. The summed E-state index contributed by atoms with van der Waals surface area (Å²) >= 11 is 0. The number of fused-ring (bicyclic) bond motifs is 2. The number of hydrogen-bond acceptors (Lipinski definition) is 5. The number of rotatable bonds is 2. The highest BCUT2D eigenvalue weighted by molar-refractivity contribution is 5.85. The van der Waals surface area contributed by atoms with Crippen LogP contribution in [0, 0.1) is 6.92 Å². The first-order valence-corrected chi connectivity index (χ1v) is 8.88. The summed E-state index contributed by atoms with van der Waals surface area (Å²) in [6.07, 6.45) is 9.84. The number of ether oxygens (including phenoxy) is 2. The Labute approximate surface area is 145 Å². The van der Waals surface area contributed by atoms with Gasteiger partial charge in [0.15, 0.2) is 6.23 Å². The summed E-state index contributed by atoms with van der Waals surface area (Å²) in [6, 6.07) is 2.09. The maximum Gasteiger partial charge on any atom is 0.150 e. The van der Waals surface area contributed by atoms with Gasteiger partial charge in [-0.2, -0.15) is 5.10 Å². The Balaban J connectivity index is 1.66. The second-order valence-electron chi connectivity index (χ2n) is 6.71. The van der Waals surface area contributed by atoms with Crippen LogP contribution < -0.4 is 4.74 Å². The average Bonchev–Trinajstić information content (AvgIpc) is 3.29. The summed E-state index contributed by atoms with van der Waals surface area (Å²) in [4.78, 5) is 9.17. The van der Waals surface area contributed by atoms with Crippen molar-refractivity contribution in [1.29, 1.82) is 0 Å². The molecule has 1 atom stereocenters. The average molecular weight is 336 g/mol. The highest BCUT2D eigenvalue weighted by atomic mass is 16.5. The molecule has 3 aromatic heterocycles. The van der Waals surface area contributed by atoms with Gasteiger partial charge in [-0.25, -0.2) is 4.68 Å². The molecule has 3 aromatic rings. The molecule has 1 fully saturated rings. The Morgan fingerprint density at radius 1 is 1.16 bits per heavy atom. The molecule has 0 spiro atoms. The van der Waals surface area contributed by atoms with Crippen LogP contribution in [0.15, 0.2) is 24.7 Å². The van der Waals surface area contributed by atoms with Crippen molar-refractivity contribution >= 4 is 10.9 Å². The Hall–Kier alpha value is -2.47. The summed E-state index contributed by atoms with van der Waals surface area (Å²) in [6.45, 7) is 3.53. The van der Waals surface area contributed by atoms with E-state index in [-0.39, 0.29) is 6.23 Å². The molecule has 1 saturated heterocycles. The van der Waals surface area contributed by atoms with Crippen molar-refractivity contribution in [1.82, 2.24) is 19.7 Å². The molecule has 6 nitrogen and oxygen atoms in total. The van der Waals surface area contributed by atoms with Crippen LogP contribution >= 0.6 is 0 Å². The van der Waals surface area contributed by atoms with Crippen LogP contribution in [-0.2, 0) is 11.2 Å². The molecule has 6 heteroatoms. The van der Waals surface area contributed by atoms with Gasteiger partial charge in [-0.3, -0.25) is 9.97 Å². The van der Waals surface area contributed by atoms with Gasteiger partial charge >= 0.3 is 0 Å². The van der Waals surface area contributed by atoms with E-state index < -0.39 is 0 Å². The Kier molecular flexibility index (Phi) is 3.45. The molecule has 25 heavy (non-hydrogen) atoms. The summed E-state index contributed by atoms with van der Waals surface area (Å²) in [5.41, 5.74) is 5.02. The van der Waals surface area contributed by atoms with Gasteiger partial charge in [0.2, 0.25) is 0 Å². The quantitative estimate of drug-likeness (QED) is 0.717. The van der Waals surface area contributed by atoms with Crippen LogP contribution in [0.2, 0.25) is 0 Å². The van der Waals surface area contributed by atoms with Crippen molar-refractivity contribution in [3.63, 3.8) is 0 Å². The topological polar surface area (TPSA) is 62.1 Å². The molecule has 2 aliphatic rings. The number of hydrogen-bond donors (Lipinski definition) is 0. The minimum atomic E-state index is 0.0109. The van der Waals surface area contributed by atoms with Gasteiger partial charge in [0.1, 0.15) is 5.75 Å². The second kappa shape index (κ2) is 5.81. The van der Waals surface area contributed by atoms with Crippen LogP contribution in [0.3, 0.4) is 0 Å². The number of aromatic nitrogens is 4. The lowest BCUT2D eigenvalue weighted by Crippen LogP contribution is -2.19. The van der Waals surface area contributed by atoms with E-state index in [1.165, 1.54) is 6.42 Å². The van der Waals surface area contributed by atoms with E-state index in [2.05, 4.69) is 16.1 Å². The molecule has 0 aliphatic carbocycles. The van der Waals surface area contributed by atoms with Gasteiger partial charge in [-0.05, 0) is 32.3 Å². The largest absolute Gasteiger partial charge is 0.492 e. The molecule has 5 heterocycles. The van der Waals surface area contributed by atoms with Crippen LogP contribution in [0.25, 0.3) is 22.2 Å². The molecule has 2 aliphatic heterocycles. The lowest BCUT2D eigenvalue weighted by atomic mass is 10.1. The SMILES string of the molecule is Cc1nc(-c2cncc3c2OCC3)cc2c1cnn2C1CCCCO1. The maximum absolute atomic E-state index is 5.93.